The minimum absolute atomic E-state index is 0.00204. The summed E-state index contributed by atoms with van der Waals surface area (Å²) in [7, 11) is 3.79. The van der Waals surface area contributed by atoms with E-state index in [1.165, 1.54) is 53.4 Å². The number of rotatable bonds is 50. The van der Waals surface area contributed by atoms with Crippen molar-refractivity contribution in [1.82, 2.24) is 16.0 Å². The van der Waals surface area contributed by atoms with Gasteiger partial charge in [-0.1, -0.05) is 215 Å². The Morgan fingerprint density at radius 2 is 0.695 bits per heavy atom. The second kappa shape index (κ2) is 82.4. The van der Waals surface area contributed by atoms with Crippen LogP contribution >= 0.6 is 0 Å². The lowest BCUT2D eigenvalue weighted by molar-refractivity contribution is -0.168. The molecule has 3 rings (SSSR count). The molecular formula is C114H213N3O24. The van der Waals surface area contributed by atoms with E-state index >= 15 is 0 Å². The number of methoxy groups -OCH3 is 3. The highest BCUT2D eigenvalue weighted by Gasteiger charge is 2.46. The normalized spacial score (nSPS) is 14.1. The van der Waals surface area contributed by atoms with Crippen LogP contribution in [0.3, 0.4) is 0 Å². The second-order valence-electron chi connectivity index (χ2n) is 45.2. The summed E-state index contributed by atoms with van der Waals surface area (Å²) in [5.74, 6) is 4.40. The van der Waals surface area contributed by atoms with Crippen LogP contribution in [-0.2, 0) is 100.0 Å². The fourth-order valence-electron chi connectivity index (χ4n) is 13.9. The topological polar surface area (TPSA) is 352 Å². The van der Waals surface area contributed by atoms with Crippen LogP contribution in [0.2, 0.25) is 0 Å². The summed E-state index contributed by atoms with van der Waals surface area (Å²) in [4.78, 5) is 139. The Morgan fingerprint density at radius 3 is 1.05 bits per heavy atom. The third-order valence-electron chi connectivity index (χ3n) is 22.2. The summed E-state index contributed by atoms with van der Waals surface area (Å²) in [5.41, 5.74) is 0.630. The molecule has 1 aromatic carbocycles. The molecule has 2 fully saturated rings. The van der Waals surface area contributed by atoms with Gasteiger partial charge in [-0.15, -0.1) is 0 Å². The molecule has 2 aliphatic carbocycles. The molecule has 828 valence electrons. The first-order chi connectivity index (χ1) is 65.2. The fraction of sp³-hybridized carbons (Fsp3) is 0.842. The van der Waals surface area contributed by atoms with E-state index in [0.717, 1.165) is 120 Å². The number of hydrogen-bond acceptors (Lipinski definition) is 24. The van der Waals surface area contributed by atoms with E-state index in [4.69, 9.17) is 42.6 Å². The SMILES string of the molecule is CC(C)CCC(C(=O)OC(C)C)C(C)C.CC(C)CCC(C(=O)OC(C)C)c1ccccc1.CC(C)CCC(C)(C)C(=O)OC(C)C.CC(C)CCC(C)CC(=O)OC(C)C.CC(C)CCC1(C(=O)OC2CCCC2)CCC1.CC(C)CCCC(C)C(=O)OC(C)C.COC(=O)N[C@@H](CC(C)C)C(=O)OC(C)C.COC(=O)N[C@@H](CCC(C)C)C(=O)OC(C)C.COC(=O)N[C@H](CC(C)C)C(=O)OC(C)C. The van der Waals surface area contributed by atoms with Gasteiger partial charge in [-0.3, -0.25) is 28.8 Å². The number of esters is 9. The van der Waals surface area contributed by atoms with Gasteiger partial charge in [-0.25, -0.2) is 28.8 Å². The first-order valence-corrected chi connectivity index (χ1v) is 53.6. The molecule has 27 nitrogen and oxygen atoms in total. The monoisotopic (exact) mass is 2010 g/mol. The van der Waals surface area contributed by atoms with Crippen LogP contribution in [0.5, 0.6) is 0 Å². The predicted molar refractivity (Wildman–Crippen MR) is 569 cm³/mol. The van der Waals surface area contributed by atoms with Crippen molar-refractivity contribution >= 4 is 72.0 Å². The quantitative estimate of drug-likeness (QED) is 0.0403. The van der Waals surface area contributed by atoms with E-state index < -0.39 is 54.3 Å². The number of benzene rings is 1. The molecule has 141 heavy (non-hydrogen) atoms. The van der Waals surface area contributed by atoms with Gasteiger partial charge >= 0.3 is 72.0 Å². The first-order valence-electron chi connectivity index (χ1n) is 53.6. The number of nitrogens with one attached hydrogen (secondary N) is 3. The van der Waals surface area contributed by atoms with Gasteiger partial charge in [0.15, 0.2) is 0 Å². The summed E-state index contributed by atoms with van der Waals surface area (Å²) in [6.45, 7) is 80.0. The molecular weight excluding hydrogens is 1800 g/mol. The van der Waals surface area contributed by atoms with E-state index in [9.17, 15) is 57.5 Å². The molecule has 0 radical (unpaired) electrons. The number of alkyl carbamates (subject to hydrolysis) is 3. The van der Waals surface area contributed by atoms with E-state index in [1.54, 1.807) is 41.5 Å². The lowest BCUT2D eigenvalue weighted by atomic mass is 9.65. The number of hydrogen-bond donors (Lipinski definition) is 3. The fourth-order valence-corrected chi connectivity index (χ4v) is 13.9. The van der Waals surface area contributed by atoms with Crippen molar-refractivity contribution in [2.24, 2.45) is 87.8 Å². The van der Waals surface area contributed by atoms with Crippen molar-refractivity contribution in [2.75, 3.05) is 21.3 Å². The molecule has 0 aromatic heterocycles. The Kier molecular flexibility index (Phi) is 84.2. The molecule has 2 saturated carbocycles. The Labute approximate surface area is 859 Å². The smallest absolute Gasteiger partial charge is 0.407 e. The Hall–Kier alpha value is -7.74. The van der Waals surface area contributed by atoms with Gasteiger partial charge in [0.2, 0.25) is 0 Å². The van der Waals surface area contributed by atoms with E-state index in [-0.39, 0.29) is 131 Å². The van der Waals surface area contributed by atoms with Crippen molar-refractivity contribution in [2.45, 2.75) is 516 Å². The summed E-state index contributed by atoms with van der Waals surface area (Å²) < 4.78 is 60.4. The number of carbonyl (C=O) groups excluding carboxylic acids is 12. The molecule has 0 aliphatic heterocycles. The number of amides is 3. The van der Waals surface area contributed by atoms with Gasteiger partial charge in [0.05, 0.1) is 98.7 Å². The summed E-state index contributed by atoms with van der Waals surface area (Å²) in [6.07, 6.45) is 22.4. The van der Waals surface area contributed by atoms with Gasteiger partial charge in [0, 0.05) is 6.42 Å². The predicted octanol–water partition coefficient (Wildman–Crippen LogP) is 27.6. The van der Waals surface area contributed by atoms with Gasteiger partial charge in [-0.2, -0.15) is 0 Å². The van der Waals surface area contributed by atoms with Crippen molar-refractivity contribution in [1.29, 1.82) is 0 Å². The second-order valence-corrected chi connectivity index (χ2v) is 45.2. The molecule has 0 heterocycles. The van der Waals surface area contributed by atoms with Gasteiger partial charge in [-0.05, 0) is 317 Å². The maximum Gasteiger partial charge on any atom is 0.407 e. The molecule has 0 bridgehead atoms. The van der Waals surface area contributed by atoms with Crippen LogP contribution in [0.4, 0.5) is 14.4 Å². The number of ether oxygens (including phenoxy) is 12. The minimum atomic E-state index is -0.644. The molecule has 1 aromatic rings. The van der Waals surface area contributed by atoms with E-state index in [0.29, 0.717) is 67.1 Å². The zero-order valence-electron chi connectivity index (χ0n) is 97.4. The Morgan fingerprint density at radius 1 is 0.348 bits per heavy atom. The molecule has 3 N–H and O–H groups in total. The highest BCUT2D eigenvalue weighted by atomic mass is 16.6. The maximum absolute atomic E-state index is 12.3. The van der Waals surface area contributed by atoms with Crippen LogP contribution in [0.25, 0.3) is 0 Å². The molecule has 0 spiro atoms. The third-order valence-corrected chi connectivity index (χ3v) is 22.2. The highest BCUT2D eigenvalue weighted by Crippen LogP contribution is 2.47. The Balaban J connectivity index is -0.000000364. The zero-order chi connectivity index (χ0) is 110. The minimum Gasteiger partial charge on any atom is -0.463 e. The molecule has 4 unspecified atom stereocenters. The molecule has 27 heteroatoms. The third kappa shape index (κ3) is 84.2. The van der Waals surface area contributed by atoms with E-state index in [2.05, 4.69) is 148 Å². The standard InChI is InChI=1S/C16H24O2.C15H26O2.C13H26O2.C12H23NO4.3C12H24O2.2C11H21NO4/c1-12(2)10-11-15(16(17)18-13(3)4)14-8-6-5-7-9-14;1-12(2)8-11-15(9-5-10-15)14(16)17-13-6-3-4-7-13;1-9(2)7-8-12(10(3)4)13(14)15-11(5)6;1-8(2)6-7-10(13-12(15)16-5)11(14)17-9(3)4;1-9(2)7-8-12(5,6)11(13)14-10(3)4;1-9(2)6-7-11(5)8-12(13)14-10(3)4;1-9(2)7-6-8-11(5)12(13)14-10(3)4;2*1-7(2)6-9(12-11(14)15-5)10(13)16-8(3)4/h5-9,12-13,15H,10-11H2,1-4H3;12-13H,3-11H2,1-2H3;9-12H,7-8H2,1-6H3;8-10H,6-7H2,1-5H3,(H,13,15);9-10H,7-8H2,1-6H3;2*9-11H,6-8H2,1-5H3;2*7-9H,6H2,1-5H3,(H,12,14)/t;;;10-;;;;2*9-/m...0...10/s1. The number of carbonyl (C=O) groups is 12. The summed E-state index contributed by atoms with van der Waals surface area (Å²) >= 11 is 0. The van der Waals surface area contributed by atoms with Gasteiger partial charge < -0.3 is 72.8 Å². The summed E-state index contributed by atoms with van der Waals surface area (Å²) in [6, 6.07) is 8.01. The van der Waals surface area contributed by atoms with Crippen LogP contribution in [-0.4, -0.2) is 166 Å². The largest absolute Gasteiger partial charge is 0.463 e. The summed E-state index contributed by atoms with van der Waals surface area (Å²) in [5, 5.41) is 7.43. The van der Waals surface area contributed by atoms with Crippen LogP contribution in [0.1, 0.15) is 449 Å². The lowest BCUT2D eigenvalue weighted by Gasteiger charge is -2.40. The Bertz CT molecular complexity index is 3370. The molecule has 2 aliphatic rings. The van der Waals surface area contributed by atoms with Crippen LogP contribution in [0, 0.1) is 87.8 Å². The zero-order valence-corrected chi connectivity index (χ0v) is 97.4. The van der Waals surface area contributed by atoms with Crippen molar-refractivity contribution < 1.29 is 114 Å². The molecule has 3 amide bonds. The average Bonchev–Trinajstić information content (AvgIpc) is 1.50. The highest BCUT2D eigenvalue weighted by molar-refractivity contribution is 5.83. The average molecular weight is 2010 g/mol. The maximum atomic E-state index is 12.3. The first kappa shape index (κ1) is 144. The van der Waals surface area contributed by atoms with Crippen molar-refractivity contribution in [3.63, 3.8) is 0 Å². The lowest BCUT2D eigenvalue weighted by Crippen LogP contribution is -2.43. The van der Waals surface area contributed by atoms with Crippen molar-refractivity contribution in [3.05, 3.63) is 35.9 Å². The van der Waals surface area contributed by atoms with Crippen LogP contribution < -0.4 is 16.0 Å². The molecule has 0 saturated heterocycles. The molecule has 7 atom stereocenters. The van der Waals surface area contributed by atoms with Gasteiger partial charge in [0.25, 0.3) is 0 Å². The van der Waals surface area contributed by atoms with E-state index in [1.807, 2.05) is 148 Å². The van der Waals surface area contributed by atoms with Crippen LogP contribution in [0.15, 0.2) is 30.3 Å². The van der Waals surface area contributed by atoms with Gasteiger partial charge in [0.1, 0.15) is 24.2 Å². The van der Waals surface area contributed by atoms with Crippen molar-refractivity contribution in [3.8, 4) is 0 Å².